The second-order valence-corrected chi connectivity index (χ2v) is 9.01. The van der Waals surface area contributed by atoms with Gasteiger partial charge < -0.3 is 10.0 Å². The van der Waals surface area contributed by atoms with Gasteiger partial charge in [0.1, 0.15) is 6.04 Å². The Morgan fingerprint density at radius 2 is 1.80 bits per heavy atom. The molecule has 0 saturated carbocycles. The summed E-state index contributed by atoms with van der Waals surface area (Å²) < 4.78 is 1.73. The van der Waals surface area contributed by atoms with Gasteiger partial charge in [0.2, 0.25) is 0 Å². The Hall–Kier alpha value is -3.97. The molecule has 7 nitrogen and oxygen atoms in total. The first-order valence-corrected chi connectivity index (χ1v) is 11.7. The van der Waals surface area contributed by atoms with Crippen LogP contribution in [0.4, 0.5) is 0 Å². The van der Waals surface area contributed by atoms with Gasteiger partial charge in [-0.3, -0.25) is 4.79 Å². The third-order valence-corrected chi connectivity index (χ3v) is 6.66. The van der Waals surface area contributed by atoms with Crippen LogP contribution in [-0.4, -0.2) is 49.5 Å². The Bertz CT molecular complexity index is 1410. The van der Waals surface area contributed by atoms with Crippen molar-refractivity contribution < 1.29 is 14.7 Å². The van der Waals surface area contributed by atoms with Gasteiger partial charge in [0.15, 0.2) is 0 Å². The van der Waals surface area contributed by atoms with Crippen LogP contribution in [0.3, 0.4) is 0 Å². The van der Waals surface area contributed by atoms with E-state index in [1.165, 1.54) is 4.90 Å². The first kappa shape index (κ1) is 22.8. The summed E-state index contributed by atoms with van der Waals surface area (Å²) in [5, 5.41) is 18.6. The second-order valence-electron chi connectivity index (χ2n) is 8.60. The van der Waals surface area contributed by atoms with E-state index >= 15 is 0 Å². The Balaban J connectivity index is 1.64. The van der Waals surface area contributed by atoms with E-state index in [-0.39, 0.29) is 5.91 Å². The Kier molecular flexibility index (Phi) is 6.09. The molecule has 176 valence electrons. The van der Waals surface area contributed by atoms with Crippen LogP contribution in [-0.2, 0) is 4.79 Å². The molecule has 0 radical (unpaired) electrons. The zero-order valence-corrected chi connectivity index (χ0v) is 19.8. The molecule has 1 saturated heterocycles. The molecule has 1 N–H and O–H groups in total. The summed E-state index contributed by atoms with van der Waals surface area (Å²) in [5.41, 5.74) is 5.43. The van der Waals surface area contributed by atoms with Gasteiger partial charge in [0.05, 0.1) is 17.6 Å². The Labute approximate surface area is 207 Å². The number of aromatic nitrogens is 3. The number of carboxylic acids is 1. The standard InChI is InChI=1S/C27H23ClN4O3/c1-17-8-10-18(11-9-17)25-16-29-30-32(25)23-13-12-19(15-21(23)20-5-2-3-6-22(20)28)26(33)31-14-4-7-24(31)27(34)35/h2-3,5-6,8-13,15-16,24H,4,7,14H2,1H3,(H,34,35). The molecule has 1 aliphatic heterocycles. The first-order chi connectivity index (χ1) is 16.9. The van der Waals surface area contributed by atoms with Crippen molar-refractivity contribution in [3.05, 3.63) is 89.1 Å². The molecule has 8 heteroatoms. The fourth-order valence-corrected chi connectivity index (χ4v) is 4.75. The molecule has 4 aromatic rings. The average molecular weight is 487 g/mol. The van der Waals surface area contributed by atoms with E-state index in [1.807, 2.05) is 55.5 Å². The number of amides is 1. The van der Waals surface area contributed by atoms with Gasteiger partial charge in [-0.1, -0.05) is 64.8 Å². The molecule has 1 aromatic heterocycles. The van der Waals surface area contributed by atoms with E-state index in [2.05, 4.69) is 10.3 Å². The fraction of sp³-hybridized carbons (Fsp3) is 0.185. The molecule has 35 heavy (non-hydrogen) atoms. The van der Waals surface area contributed by atoms with Crippen LogP contribution < -0.4 is 0 Å². The van der Waals surface area contributed by atoms with Gasteiger partial charge in [-0.05, 0) is 44.0 Å². The van der Waals surface area contributed by atoms with Crippen molar-refractivity contribution in [2.45, 2.75) is 25.8 Å². The van der Waals surface area contributed by atoms with Crippen molar-refractivity contribution in [3.8, 4) is 28.1 Å². The number of aryl methyl sites for hydroxylation is 1. The minimum Gasteiger partial charge on any atom is -0.480 e. The number of carbonyl (C=O) groups is 2. The molecule has 0 spiro atoms. The lowest BCUT2D eigenvalue weighted by molar-refractivity contribution is -0.141. The lowest BCUT2D eigenvalue weighted by atomic mass is 9.99. The highest BCUT2D eigenvalue weighted by atomic mass is 35.5. The van der Waals surface area contributed by atoms with Crippen LogP contribution >= 0.6 is 11.6 Å². The van der Waals surface area contributed by atoms with Gasteiger partial charge in [0, 0.05) is 33.8 Å². The van der Waals surface area contributed by atoms with Gasteiger partial charge >= 0.3 is 5.97 Å². The number of benzene rings is 3. The third-order valence-electron chi connectivity index (χ3n) is 6.33. The van der Waals surface area contributed by atoms with Crippen LogP contribution in [0.2, 0.25) is 5.02 Å². The normalized spacial score (nSPS) is 15.4. The third kappa shape index (κ3) is 4.31. The molecular formula is C27H23ClN4O3. The van der Waals surface area contributed by atoms with Crippen LogP contribution in [0.1, 0.15) is 28.8 Å². The quantitative estimate of drug-likeness (QED) is 0.416. The zero-order chi connectivity index (χ0) is 24.5. The number of halogens is 1. The first-order valence-electron chi connectivity index (χ1n) is 11.3. The summed E-state index contributed by atoms with van der Waals surface area (Å²) in [6, 6.07) is 19.9. The monoisotopic (exact) mass is 486 g/mol. The highest BCUT2D eigenvalue weighted by Crippen LogP contribution is 2.35. The summed E-state index contributed by atoms with van der Waals surface area (Å²) >= 11 is 6.57. The van der Waals surface area contributed by atoms with Gasteiger partial charge in [-0.25, -0.2) is 9.48 Å². The fourth-order valence-electron chi connectivity index (χ4n) is 4.52. The van der Waals surface area contributed by atoms with Crippen LogP contribution in [0, 0.1) is 6.92 Å². The molecule has 1 fully saturated rings. The average Bonchev–Trinajstić information content (AvgIpc) is 3.54. The van der Waals surface area contributed by atoms with Crippen molar-refractivity contribution in [2.24, 2.45) is 0 Å². The maximum absolute atomic E-state index is 13.3. The lowest BCUT2D eigenvalue weighted by Crippen LogP contribution is -2.40. The van der Waals surface area contributed by atoms with Gasteiger partial charge in [-0.2, -0.15) is 0 Å². The van der Waals surface area contributed by atoms with E-state index in [0.717, 1.165) is 22.4 Å². The molecule has 1 atom stereocenters. The molecular weight excluding hydrogens is 464 g/mol. The van der Waals surface area contributed by atoms with Crippen molar-refractivity contribution in [1.29, 1.82) is 0 Å². The molecule has 0 aliphatic carbocycles. The minimum absolute atomic E-state index is 0.313. The van der Waals surface area contributed by atoms with Crippen molar-refractivity contribution in [3.63, 3.8) is 0 Å². The molecule has 1 amide bonds. The number of hydrogen-bond donors (Lipinski definition) is 1. The molecule has 1 aliphatic rings. The van der Waals surface area contributed by atoms with E-state index in [0.29, 0.717) is 41.2 Å². The number of nitrogens with zero attached hydrogens (tertiary/aromatic N) is 4. The van der Waals surface area contributed by atoms with E-state index in [4.69, 9.17) is 11.6 Å². The summed E-state index contributed by atoms with van der Waals surface area (Å²) in [5.74, 6) is -1.30. The molecule has 3 aromatic carbocycles. The Morgan fingerprint density at radius 3 is 2.54 bits per heavy atom. The molecule has 1 unspecified atom stereocenters. The maximum atomic E-state index is 13.3. The largest absolute Gasteiger partial charge is 0.480 e. The minimum atomic E-state index is -0.982. The molecule has 5 rings (SSSR count). The second kappa shape index (κ2) is 9.35. The smallest absolute Gasteiger partial charge is 0.326 e. The molecule has 2 heterocycles. The number of rotatable bonds is 5. The topological polar surface area (TPSA) is 88.3 Å². The number of aliphatic carboxylic acids is 1. The van der Waals surface area contributed by atoms with Crippen LogP contribution in [0.5, 0.6) is 0 Å². The Morgan fingerprint density at radius 1 is 1.03 bits per heavy atom. The van der Waals surface area contributed by atoms with Crippen molar-refractivity contribution >= 4 is 23.5 Å². The summed E-state index contributed by atoms with van der Waals surface area (Å²) in [4.78, 5) is 26.4. The van der Waals surface area contributed by atoms with Crippen LogP contribution in [0.15, 0.2) is 72.9 Å². The van der Waals surface area contributed by atoms with Crippen molar-refractivity contribution in [2.75, 3.05) is 6.54 Å². The number of carbonyl (C=O) groups excluding carboxylic acids is 1. The van der Waals surface area contributed by atoms with E-state index in [1.54, 1.807) is 29.1 Å². The van der Waals surface area contributed by atoms with E-state index in [9.17, 15) is 14.7 Å². The van der Waals surface area contributed by atoms with Crippen LogP contribution in [0.25, 0.3) is 28.1 Å². The number of carboxylic acid groups (broad SMARTS) is 1. The summed E-state index contributed by atoms with van der Waals surface area (Å²) in [6.45, 7) is 2.44. The summed E-state index contributed by atoms with van der Waals surface area (Å²) in [7, 11) is 0. The van der Waals surface area contributed by atoms with Crippen molar-refractivity contribution in [1.82, 2.24) is 19.9 Å². The highest BCUT2D eigenvalue weighted by Gasteiger charge is 2.34. The predicted octanol–water partition coefficient (Wildman–Crippen LogP) is 5.25. The maximum Gasteiger partial charge on any atom is 0.326 e. The highest BCUT2D eigenvalue weighted by molar-refractivity contribution is 6.33. The number of likely N-dealkylation sites (tertiary alicyclic amines) is 1. The zero-order valence-electron chi connectivity index (χ0n) is 19.1. The number of hydrogen-bond acceptors (Lipinski definition) is 4. The van der Waals surface area contributed by atoms with Gasteiger partial charge in [0.25, 0.3) is 5.91 Å². The summed E-state index contributed by atoms with van der Waals surface area (Å²) in [6.07, 6.45) is 2.81. The predicted molar refractivity (Wildman–Crippen MR) is 134 cm³/mol. The SMILES string of the molecule is Cc1ccc(-c2cnnn2-c2ccc(C(=O)N3CCCC3C(=O)O)cc2-c2ccccc2Cl)cc1. The lowest BCUT2D eigenvalue weighted by Gasteiger charge is -2.22. The molecule has 0 bridgehead atoms. The van der Waals surface area contributed by atoms with Gasteiger partial charge in [-0.15, -0.1) is 5.10 Å². The van der Waals surface area contributed by atoms with E-state index < -0.39 is 12.0 Å².